The van der Waals surface area contributed by atoms with Crippen LogP contribution in [0.2, 0.25) is 0 Å². The van der Waals surface area contributed by atoms with Crippen LogP contribution in [-0.2, 0) is 4.74 Å². The van der Waals surface area contributed by atoms with Gasteiger partial charge in [0, 0.05) is 25.2 Å². The minimum Gasteiger partial charge on any atom is -0.372 e. The second-order valence-electron chi connectivity index (χ2n) is 4.56. The fraction of sp³-hybridized carbons (Fsp3) is 0.333. The minimum absolute atomic E-state index is 0.139. The second kappa shape index (κ2) is 9.16. The zero-order chi connectivity index (χ0) is 15.7. The first kappa shape index (κ1) is 18.2. The van der Waals surface area contributed by atoms with E-state index >= 15 is 0 Å². The van der Waals surface area contributed by atoms with Crippen LogP contribution in [0.25, 0.3) is 0 Å². The van der Waals surface area contributed by atoms with E-state index in [1.807, 2.05) is 57.0 Å². The maximum absolute atomic E-state index is 5.56. The molecule has 0 radical (unpaired) electrons. The van der Waals surface area contributed by atoms with Crippen LogP contribution < -0.4 is 0 Å². The molecular weight excluding hydrogens is 246 g/mol. The monoisotopic (exact) mass is 273 g/mol. The maximum atomic E-state index is 5.56. The SMILES string of the molecule is C=CN(/C=C\C)C(=C)/C=C(\C)C(OC)C(=C)/C(C)=C\C. The molecule has 0 bridgehead atoms. The van der Waals surface area contributed by atoms with E-state index < -0.39 is 0 Å². The van der Waals surface area contributed by atoms with E-state index in [-0.39, 0.29) is 6.10 Å². The van der Waals surface area contributed by atoms with Gasteiger partial charge in [0.1, 0.15) is 6.10 Å². The summed E-state index contributed by atoms with van der Waals surface area (Å²) in [4.78, 5) is 1.86. The summed E-state index contributed by atoms with van der Waals surface area (Å²) in [5, 5.41) is 0. The molecular formula is C18H27NO. The van der Waals surface area contributed by atoms with Gasteiger partial charge in [-0.15, -0.1) is 0 Å². The van der Waals surface area contributed by atoms with Crippen LogP contribution in [0.4, 0.5) is 0 Å². The summed E-state index contributed by atoms with van der Waals surface area (Å²) in [6.45, 7) is 19.9. The van der Waals surface area contributed by atoms with Crippen LogP contribution in [0.3, 0.4) is 0 Å². The molecule has 0 aliphatic rings. The highest BCUT2D eigenvalue weighted by molar-refractivity contribution is 5.38. The summed E-state index contributed by atoms with van der Waals surface area (Å²) < 4.78 is 5.56. The Morgan fingerprint density at radius 3 is 2.20 bits per heavy atom. The van der Waals surface area contributed by atoms with Crippen LogP contribution in [0, 0.1) is 0 Å². The highest BCUT2D eigenvalue weighted by Gasteiger charge is 2.15. The first-order chi connectivity index (χ1) is 9.42. The molecule has 0 heterocycles. The standard InChI is InChI=1S/C18H27NO/c1-9-12-19(11-3)16(6)13-15(5)18(20-8)17(7)14(4)10-2/h9-13,18H,3,6-7H2,1-2,4-5,8H3/b12-9-,14-10-,15-13+. The third-order valence-corrected chi connectivity index (χ3v) is 3.14. The molecule has 0 aromatic carbocycles. The van der Waals surface area contributed by atoms with Gasteiger partial charge in [0.25, 0.3) is 0 Å². The summed E-state index contributed by atoms with van der Waals surface area (Å²) in [6, 6.07) is 0. The van der Waals surface area contributed by atoms with Crippen molar-refractivity contribution < 1.29 is 4.74 Å². The van der Waals surface area contributed by atoms with Crippen LogP contribution in [0.1, 0.15) is 27.7 Å². The molecule has 0 aromatic rings. The number of hydrogen-bond acceptors (Lipinski definition) is 2. The Bertz CT molecular complexity index is 452. The van der Waals surface area contributed by atoms with Crippen molar-refractivity contribution in [1.82, 2.24) is 4.90 Å². The summed E-state index contributed by atoms with van der Waals surface area (Å²) >= 11 is 0. The van der Waals surface area contributed by atoms with Crippen molar-refractivity contribution in [2.75, 3.05) is 7.11 Å². The molecule has 0 amide bonds. The molecule has 1 unspecified atom stereocenters. The Hall–Kier alpha value is -1.80. The van der Waals surface area contributed by atoms with Gasteiger partial charge in [-0.05, 0) is 50.5 Å². The highest BCUT2D eigenvalue weighted by Crippen LogP contribution is 2.22. The fourth-order valence-corrected chi connectivity index (χ4v) is 1.84. The predicted octanol–water partition coefficient (Wildman–Crippen LogP) is 4.96. The van der Waals surface area contributed by atoms with E-state index in [2.05, 4.69) is 19.7 Å². The lowest BCUT2D eigenvalue weighted by Crippen LogP contribution is -2.17. The predicted molar refractivity (Wildman–Crippen MR) is 89.1 cm³/mol. The van der Waals surface area contributed by atoms with E-state index in [1.165, 1.54) is 0 Å². The van der Waals surface area contributed by atoms with Gasteiger partial charge >= 0.3 is 0 Å². The van der Waals surface area contributed by atoms with Crippen molar-refractivity contribution in [1.29, 1.82) is 0 Å². The molecule has 0 saturated carbocycles. The topological polar surface area (TPSA) is 12.5 Å². The molecule has 2 heteroatoms. The number of rotatable bonds is 8. The molecule has 0 saturated heterocycles. The summed E-state index contributed by atoms with van der Waals surface area (Å²) in [5.74, 6) is 0. The zero-order valence-electron chi connectivity index (χ0n) is 13.4. The molecule has 20 heavy (non-hydrogen) atoms. The van der Waals surface area contributed by atoms with E-state index in [0.29, 0.717) is 0 Å². The Morgan fingerprint density at radius 2 is 1.80 bits per heavy atom. The van der Waals surface area contributed by atoms with Gasteiger partial charge in [0.05, 0.1) is 0 Å². The third kappa shape index (κ3) is 5.06. The lowest BCUT2D eigenvalue weighted by atomic mass is 9.97. The van der Waals surface area contributed by atoms with Crippen molar-refractivity contribution in [3.63, 3.8) is 0 Å². The van der Waals surface area contributed by atoms with Gasteiger partial charge in [0.15, 0.2) is 0 Å². The second-order valence-corrected chi connectivity index (χ2v) is 4.56. The lowest BCUT2D eigenvalue weighted by Gasteiger charge is -2.22. The maximum Gasteiger partial charge on any atom is 0.103 e. The van der Waals surface area contributed by atoms with Crippen molar-refractivity contribution in [2.45, 2.75) is 33.8 Å². The van der Waals surface area contributed by atoms with Gasteiger partial charge < -0.3 is 9.64 Å². The van der Waals surface area contributed by atoms with Crippen molar-refractivity contribution in [3.8, 4) is 0 Å². The Labute approximate surface area is 124 Å². The fourth-order valence-electron chi connectivity index (χ4n) is 1.84. The zero-order valence-corrected chi connectivity index (χ0v) is 13.4. The first-order valence-corrected chi connectivity index (χ1v) is 6.68. The van der Waals surface area contributed by atoms with E-state index in [9.17, 15) is 0 Å². The van der Waals surface area contributed by atoms with Crippen LogP contribution >= 0.6 is 0 Å². The van der Waals surface area contributed by atoms with Crippen LogP contribution in [0.5, 0.6) is 0 Å². The summed E-state index contributed by atoms with van der Waals surface area (Å²) in [5.41, 5.74) is 3.99. The molecule has 2 nitrogen and oxygen atoms in total. The summed E-state index contributed by atoms with van der Waals surface area (Å²) in [6.07, 6.45) is 9.45. The normalized spacial score (nSPS) is 14.2. The van der Waals surface area contributed by atoms with Gasteiger partial charge in [-0.2, -0.15) is 0 Å². The number of nitrogens with zero attached hydrogens (tertiary/aromatic N) is 1. The molecule has 0 aromatic heterocycles. The van der Waals surface area contributed by atoms with Gasteiger partial charge in [0.2, 0.25) is 0 Å². The highest BCUT2D eigenvalue weighted by atomic mass is 16.5. The number of allylic oxidation sites excluding steroid dienone is 3. The van der Waals surface area contributed by atoms with Gasteiger partial charge in [-0.25, -0.2) is 0 Å². The van der Waals surface area contributed by atoms with E-state index in [0.717, 1.165) is 22.4 Å². The minimum atomic E-state index is -0.139. The summed E-state index contributed by atoms with van der Waals surface area (Å²) in [7, 11) is 1.69. The van der Waals surface area contributed by atoms with Gasteiger partial charge in [-0.3, -0.25) is 0 Å². The third-order valence-electron chi connectivity index (χ3n) is 3.14. The van der Waals surface area contributed by atoms with Crippen molar-refractivity contribution in [2.24, 2.45) is 0 Å². The largest absolute Gasteiger partial charge is 0.372 e. The number of ether oxygens (including phenoxy) is 1. The quantitative estimate of drug-likeness (QED) is 0.579. The lowest BCUT2D eigenvalue weighted by molar-refractivity contribution is 0.161. The number of hydrogen-bond donors (Lipinski definition) is 0. The Balaban J connectivity index is 5.23. The smallest absolute Gasteiger partial charge is 0.103 e. The van der Waals surface area contributed by atoms with Crippen molar-refractivity contribution >= 4 is 0 Å². The van der Waals surface area contributed by atoms with Crippen molar-refractivity contribution in [3.05, 3.63) is 72.8 Å². The Morgan fingerprint density at radius 1 is 1.20 bits per heavy atom. The molecule has 0 N–H and O–H groups in total. The molecule has 0 rings (SSSR count). The first-order valence-electron chi connectivity index (χ1n) is 6.68. The van der Waals surface area contributed by atoms with E-state index in [4.69, 9.17) is 4.74 Å². The Kier molecular flexibility index (Phi) is 8.33. The molecule has 1 atom stereocenters. The number of methoxy groups -OCH3 is 1. The molecule has 110 valence electrons. The molecule has 0 fully saturated rings. The average Bonchev–Trinajstić information content (AvgIpc) is 2.43. The average molecular weight is 273 g/mol. The molecule has 0 spiro atoms. The van der Waals surface area contributed by atoms with Crippen LogP contribution in [0.15, 0.2) is 72.8 Å². The molecule has 0 aliphatic heterocycles. The molecule has 0 aliphatic carbocycles. The van der Waals surface area contributed by atoms with Gasteiger partial charge in [-0.1, -0.05) is 31.9 Å². The van der Waals surface area contributed by atoms with E-state index in [1.54, 1.807) is 13.3 Å². The van der Waals surface area contributed by atoms with Crippen LogP contribution in [-0.4, -0.2) is 18.1 Å².